The van der Waals surface area contributed by atoms with Crippen LogP contribution in [0.2, 0.25) is 0 Å². The van der Waals surface area contributed by atoms with Crippen LogP contribution in [0.3, 0.4) is 0 Å². The van der Waals surface area contributed by atoms with Crippen molar-refractivity contribution in [2.75, 3.05) is 13.7 Å². The monoisotopic (exact) mass is 241 g/mol. The maximum absolute atomic E-state index is 12.0. The van der Waals surface area contributed by atoms with Crippen molar-refractivity contribution in [2.24, 2.45) is 5.92 Å². The van der Waals surface area contributed by atoms with Crippen molar-refractivity contribution in [3.8, 4) is 0 Å². The van der Waals surface area contributed by atoms with Gasteiger partial charge in [-0.05, 0) is 39.5 Å². The highest BCUT2D eigenvalue weighted by molar-refractivity contribution is 5.90. The molecule has 2 aliphatic rings. The number of ether oxygens (including phenoxy) is 2. The van der Waals surface area contributed by atoms with E-state index in [0.29, 0.717) is 13.0 Å². The first-order valence-electron chi connectivity index (χ1n) is 5.90. The number of esters is 1. The van der Waals surface area contributed by atoms with Gasteiger partial charge in [-0.3, -0.25) is 4.90 Å². The summed E-state index contributed by atoms with van der Waals surface area (Å²) in [7, 11) is 1.36. The molecule has 1 aliphatic heterocycles. The first-order valence-corrected chi connectivity index (χ1v) is 5.90. The number of hydrogen-bond donors (Lipinski definition) is 0. The van der Waals surface area contributed by atoms with Gasteiger partial charge in [0, 0.05) is 6.54 Å². The predicted octanol–water partition coefficient (Wildman–Crippen LogP) is 1.56. The summed E-state index contributed by atoms with van der Waals surface area (Å²) >= 11 is 0. The van der Waals surface area contributed by atoms with Crippen LogP contribution in [0.4, 0.5) is 4.79 Å². The highest BCUT2D eigenvalue weighted by Crippen LogP contribution is 2.56. The fourth-order valence-corrected chi connectivity index (χ4v) is 2.58. The minimum Gasteiger partial charge on any atom is -0.467 e. The van der Waals surface area contributed by atoms with E-state index in [9.17, 15) is 9.59 Å². The molecule has 0 unspecified atom stereocenters. The topological polar surface area (TPSA) is 55.8 Å². The van der Waals surface area contributed by atoms with E-state index < -0.39 is 17.2 Å². The molecule has 2 rings (SSSR count). The molecule has 1 amide bonds. The molecule has 1 heterocycles. The number of hydrogen-bond acceptors (Lipinski definition) is 4. The Hall–Kier alpha value is -1.26. The van der Waals surface area contributed by atoms with Gasteiger partial charge >= 0.3 is 12.1 Å². The van der Waals surface area contributed by atoms with Crippen LogP contribution in [0.5, 0.6) is 0 Å². The number of piperidine rings is 1. The van der Waals surface area contributed by atoms with E-state index in [1.165, 1.54) is 12.0 Å². The summed E-state index contributed by atoms with van der Waals surface area (Å²) in [6.07, 6.45) is 1.15. The van der Waals surface area contributed by atoms with Gasteiger partial charge in [-0.2, -0.15) is 0 Å². The van der Waals surface area contributed by atoms with Gasteiger partial charge in [-0.1, -0.05) is 0 Å². The number of carbonyl (C=O) groups is 2. The molecule has 2 fully saturated rings. The smallest absolute Gasteiger partial charge is 0.411 e. The van der Waals surface area contributed by atoms with Crippen molar-refractivity contribution in [1.82, 2.24) is 4.90 Å². The molecule has 2 atom stereocenters. The van der Waals surface area contributed by atoms with Crippen molar-refractivity contribution >= 4 is 12.1 Å². The molecule has 1 saturated heterocycles. The first kappa shape index (κ1) is 12.2. The van der Waals surface area contributed by atoms with E-state index in [2.05, 4.69) is 0 Å². The fourth-order valence-electron chi connectivity index (χ4n) is 2.58. The van der Waals surface area contributed by atoms with Crippen LogP contribution in [0.15, 0.2) is 0 Å². The molecule has 0 radical (unpaired) electrons. The van der Waals surface area contributed by atoms with Gasteiger partial charge in [0.1, 0.15) is 11.1 Å². The van der Waals surface area contributed by atoms with Crippen molar-refractivity contribution in [1.29, 1.82) is 0 Å². The number of fused-ring (bicyclic) bond motifs is 1. The van der Waals surface area contributed by atoms with Crippen LogP contribution in [0.25, 0.3) is 0 Å². The molecular formula is C12H19NO4. The SMILES string of the molecule is COC(=O)[C@@]12C[C@@H]1CCN2C(=O)OC(C)(C)C. The summed E-state index contributed by atoms with van der Waals surface area (Å²) in [5, 5.41) is 0. The van der Waals surface area contributed by atoms with Gasteiger partial charge in [0.25, 0.3) is 0 Å². The van der Waals surface area contributed by atoms with Crippen LogP contribution in [-0.4, -0.2) is 41.8 Å². The van der Waals surface area contributed by atoms with Crippen molar-refractivity contribution in [3.05, 3.63) is 0 Å². The van der Waals surface area contributed by atoms with Crippen LogP contribution < -0.4 is 0 Å². The molecule has 0 bridgehead atoms. The Morgan fingerprint density at radius 1 is 1.35 bits per heavy atom. The Bertz CT molecular complexity index is 360. The highest BCUT2D eigenvalue weighted by Gasteiger charge is 2.70. The van der Waals surface area contributed by atoms with Crippen LogP contribution >= 0.6 is 0 Å². The number of likely N-dealkylation sites (tertiary alicyclic amines) is 1. The van der Waals surface area contributed by atoms with Gasteiger partial charge < -0.3 is 9.47 Å². The molecule has 0 aromatic carbocycles. The number of methoxy groups -OCH3 is 1. The summed E-state index contributed by atoms with van der Waals surface area (Å²) in [6, 6.07) is 0. The van der Waals surface area contributed by atoms with Crippen LogP contribution in [0.1, 0.15) is 33.6 Å². The van der Waals surface area contributed by atoms with E-state index in [1.54, 1.807) is 0 Å². The van der Waals surface area contributed by atoms with E-state index in [4.69, 9.17) is 9.47 Å². The number of carbonyl (C=O) groups excluding carboxylic acids is 2. The van der Waals surface area contributed by atoms with Crippen molar-refractivity contribution < 1.29 is 19.1 Å². The van der Waals surface area contributed by atoms with E-state index in [-0.39, 0.29) is 11.9 Å². The number of amides is 1. The second-order valence-electron chi connectivity index (χ2n) is 5.74. The molecule has 1 saturated carbocycles. The van der Waals surface area contributed by atoms with Gasteiger partial charge in [0.05, 0.1) is 7.11 Å². The predicted molar refractivity (Wildman–Crippen MR) is 60.4 cm³/mol. The number of nitrogens with zero attached hydrogens (tertiary/aromatic N) is 1. The molecule has 5 nitrogen and oxygen atoms in total. The van der Waals surface area contributed by atoms with Crippen LogP contribution in [0, 0.1) is 5.92 Å². The molecule has 17 heavy (non-hydrogen) atoms. The lowest BCUT2D eigenvalue weighted by molar-refractivity contribution is -0.148. The van der Waals surface area contributed by atoms with Crippen molar-refractivity contribution in [3.63, 3.8) is 0 Å². The van der Waals surface area contributed by atoms with E-state index in [0.717, 1.165) is 6.42 Å². The lowest BCUT2D eigenvalue weighted by Gasteiger charge is -2.29. The molecule has 0 aromatic rings. The average molecular weight is 241 g/mol. The quantitative estimate of drug-likeness (QED) is 0.654. The third kappa shape index (κ3) is 1.87. The molecule has 0 aromatic heterocycles. The zero-order chi connectivity index (χ0) is 12.8. The summed E-state index contributed by atoms with van der Waals surface area (Å²) in [6.45, 7) is 6.02. The minimum atomic E-state index is -0.725. The van der Waals surface area contributed by atoms with E-state index >= 15 is 0 Å². The summed E-state index contributed by atoms with van der Waals surface area (Å²) in [5.74, 6) is -0.0617. The largest absolute Gasteiger partial charge is 0.467 e. The Kier molecular flexibility index (Phi) is 2.60. The second-order valence-corrected chi connectivity index (χ2v) is 5.74. The molecule has 96 valence electrons. The third-order valence-corrected chi connectivity index (χ3v) is 3.41. The molecule has 1 aliphatic carbocycles. The lowest BCUT2D eigenvalue weighted by Crippen LogP contribution is -2.47. The zero-order valence-corrected chi connectivity index (χ0v) is 10.8. The maximum atomic E-state index is 12.0. The van der Waals surface area contributed by atoms with Gasteiger partial charge in [0.15, 0.2) is 0 Å². The maximum Gasteiger partial charge on any atom is 0.411 e. The Balaban J connectivity index is 2.11. The Morgan fingerprint density at radius 3 is 2.47 bits per heavy atom. The summed E-state index contributed by atoms with van der Waals surface area (Å²) < 4.78 is 10.1. The van der Waals surface area contributed by atoms with Gasteiger partial charge in [0.2, 0.25) is 0 Å². The Morgan fingerprint density at radius 2 is 2.00 bits per heavy atom. The van der Waals surface area contributed by atoms with Crippen molar-refractivity contribution in [2.45, 2.75) is 44.8 Å². The van der Waals surface area contributed by atoms with Gasteiger partial charge in [-0.25, -0.2) is 9.59 Å². The second kappa shape index (κ2) is 3.62. The first-order chi connectivity index (χ1) is 7.81. The fraction of sp³-hybridized carbons (Fsp3) is 0.833. The zero-order valence-electron chi connectivity index (χ0n) is 10.8. The summed E-state index contributed by atoms with van der Waals surface area (Å²) in [5.41, 5.74) is -1.27. The molecular weight excluding hydrogens is 222 g/mol. The summed E-state index contributed by atoms with van der Waals surface area (Å²) in [4.78, 5) is 25.3. The normalized spacial score (nSPS) is 30.8. The average Bonchev–Trinajstić information content (AvgIpc) is 2.81. The number of rotatable bonds is 1. The molecule has 0 N–H and O–H groups in total. The standard InChI is InChI=1S/C12H19NO4/c1-11(2,3)17-10(15)13-6-5-8-7-12(8,13)9(14)16-4/h8H,5-7H2,1-4H3/t8-,12+/m0/s1. The minimum absolute atomic E-state index is 0.252. The Labute approximate surface area is 101 Å². The highest BCUT2D eigenvalue weighted by atomic mass is 16.6. The van der Waals surface area contributed by atoms with Gasteiger partial charge in [-0.15, -0.1) is 0 Å². The third-order valence-electron chi connectivity index (χ3n) is 3.41. The molecule has 0 spiro atoms. The van der Waals surface area contributed by atoms with E-state index in [1.807, 2.05) is 20.8 Å². The van der Waals surface area contributed by atoms with Crippen LogP contribution in [-0.2, 0) is 14.3 Å². The molecule has 5 heteroatoms. The lowest BCUT2D eigenvalue weighted by atomic mass is 10.2.